The van der Waals surface area contributed by atoms with Crippen LogP contribution >= 0.6 is 0 Å². The van der Waals surface area contributed by atoms with Crippen molar-refractivity contribution in [3.05, 3.63) is 24.3 Å². The van der Waals surface area contributed by atoms with Gasteiger partial charge < -0.3 is 10.1 Å². The van der Waals surface area contributed by atoms with Gasteiger partial charge in [0, 0.05) is 17.4 Å². The normalized spacial score (nSPS) is 18.2. The van der Waals surface area contributed by atoms with Crippen molar-refractivity contribution >= 4 is 17.5 Å². The molecule has 2 aliphatic rings. The number of carbonyl (C=O) groups is 1. The highest BCUT2D eigenvalue weighted by Crippen LogP contribution is 2.45. The topological polar surface area (TPSA) is 50.4 Å². The van der Waals surface area contributed by atoms with Crippen LogP contribution in [0.25, 0.3) is 0 Å². The van der Waals surface area contributed by atoms with Crippen LogP contribution in [0.5, 0.6) is 0 Å². The molecule has 1 amide bonds. The minimum atomic E-state index is -0.432. The van der Waals surface area contributed by atoms with Gasteiger partial charge in [-0.1, -0.05) is 6.07 Å². The van der Waals surface area contributed by atoms with Crippen LogP contribution in [0.3, 0.4) is 0 Å². The van der Waals surface area contributed by atoms with E-state index in [1.165, 1.54) is 32.8 Å². The van der Waals surface area contributed by atoms with Crippen molar-refractivity contribution in [2.24, 2.45) is 11.8 Å². The van der Waals surface area contributed by atoms with E-state index in [0.29, 0.717) is 6.04 Å². The van der Waals surface area contributed by atoms with Gasteiger partial charge in [-0.05, 0) is 55.7 Å². The van der Waals surface area contributed by atoms with E-state index in [2.05, 4.69) is 21.4 Å². The van der Waals surface area contributed by atoms with Crippen LogP contribution in [0.15, 0.2) is 24.3 Å². The first-order valence-electron chi connectivity index (χ1n) is 6.98. The Hall–Kier alpha value is -1.71. The second kappa shape index (κ2) is 5.11. The summed E-state index contributed by atoms with van der Waals surface area (Å²) in [7, 11) is 1.37. The first-order valence-corrected chi connectivity index (χ1v) is 6.98. The molecule has 2 fully saturated rings. The molecule has 1 aromatic rings. The summed E-state index contributed by atoms with van der Waals surface area (Å²) < 4.78 is 4.60. The lowest BCUT2D eigenvalue weighted by Gasteiger charge is -2.19. The summed E-state index contributed by atoms with van der Waals surface area (Å²) in [6, 6.07) is 8.46. The Morgan fingerprint density at radius 2 is 1.84 bits per heavy atom. The number of nitrogens with one attached hydrogen (secondary N) is 2. The third-order valence-corrected chi connectivity index (χ3v) is 3.89. The molecule has 0 aromatic heterocycles. The summed E-state index contributed by atoms with van der Waals surface area (Å²) in [4.78, 5) is 11.2. The van der Waals surface area contributed by atoms with Crippen LogP contribution in [0, 0.1) is 11.8 Å². The zero-order valence-corrected chi connectivity index (χ0v) is 11.2. The maximum Gasteiger partial charge on any atom is 0.411 e. The van der Waals surface area contributed by atoms with Crippen molar-refractivity contribution in [2.45, 2.75) is 31.7 Å². The molecular formula is C15H20N2O2. The predicted molar refractivity (Wildman–Crippen MR) is 75.3 cm³/mol. The highest BCUT2D eigenvalue weighted by Gasteiger charge is 2.41. The number of amides is 1. The van der Waals surface area contributed by atoms with Gasteiger partial charge in [-0.25, -0.2) is 4.79 Å². The average molecular weight is 260 g/mol. The first-order chi connectivity index (χ1) is 9.26. The summed E-state index contributed by atoms with van der Waals surface area (Å²) in [6.07, 6.45) is 4.99. The van der Waals surface area contributed by atoms with Crippen LogP contribution in [0.1, 0.15) is 25.7 Å². The highest BCUT2D eigenvalue weighted by molar-refractivity contribution is 5.85. The molecule has 3 rings (SSSR count). The molecule has 4 nitrogen and oxygen atoms in total. The molecule has 0 heterocycles. The Labute approximate surface area is 113 Å². The second-order valence-electron chi connectivity index (χ2n) is 5.54. The fraction of sp³-hybridized carbons (Fsp3) is 0.533. The van der Waals surface area contributed by atoms with E-state index in [-0.39, 0.29) is 0 Å². The minimum Gasteiger partial charge on any atom is -0.453 e. The molecule has 0 bridgehead atoms. The molecule has 2 aliphatic carbocycles. The highest BCUT2D eigenvalue weighted by atomic mass is 16.5. The van der Waals surface area contributed by atoms with E-state index in [4.69, 9.17) is 0 Å². The van der Waals surface area contributed by atoms with E-state index in [0.717, 1.165) is 23.2 Å². The number of hydrogen-bond donors (Lipinski definition) is 2. The summed E-state index contributed by atoms with van der Waals surface area (Å²) >= 11 is 0. The van der Waals surface area contributed by atoms with Crippen LogP contribution in [0.2, 0.25) is 0 Å². The SMILES string of the molecule is COC(=O)Nc1cccc(NC(C2CC2)C2CC2)c1. The number of ether oxygens (including phenoxy) is 1. The molecule has 0 unspecified atom stereocenters. The van der Waals surface area contributed by atoms with Gasteiger partial charge in [0.2, 0.25) is 0 Å². The van der Waals surface area contributed by atoms with E-state index in [1.807, 2.05) is 18.2 Å². The smallest absolute Gasteiger partial charge is 0.411 e. The molecule has 0 saturated heterocycles. The van der Waals surface area contributed by atoms with Crippen molar-refractivity contribution in [1.82, 2.24) is 0 Å². The van der Waals surface area contributed by atoms with Gasteiger partial charge in [-0.3, -0.25) is 5.32 Å². The van der Waals surface area contributed by atoms with Crippen molar-refractivity contribution in [1.29, 1.82) is 0 Å². The number of rotatable bonds is 5. The van der Waals surface area contributed by atoms with Gasteiger partial charge in [0.15, 0.2) is 0 Å². The Morgan fingerprint density at radius 3 is 2.42 bits per heavy atom. The molecule has 0 atom stereocenters. The minimum absolute atomic E-state index is 0.432. The lowest BCUT2D eigenvalue weighted by molar-refractivity contribution is 0.187. The van der Waals surface area contributed by atoms with Gasteiger partial charge >= 0.3 is 6.09 Å². The largest absolute Gasteiger partial charge is 0.453 e. The lowest BCUT2D eigenvalue weighted by Crippen LogP contribution is -2.24. The molecule has 102 valence electrons. The second-order valence-corrected chi connectivity index (χ2v) is 5.54. The number of carbonyl (C=O) groups excluding carboxylic acids is 1. The number of anilines is 2. The molecule has 4 heteroatoms. The third kappa shape index (κ3) is 3.19. The van der Waals surface area contributed by atoms with E-state index < -0.39 is 6.09 Å². The summed E-state index contributed by atoms with van der Waals surface area (Å²) in [5.74, 6) is 1.70. The van der Waals surface area contributed by atoms with Crippen molar-refractivity contribution < 1.29 is 9.53 Å². The summed E-state index contributed by atoms with van der Waals surface area (Å²) in [5.41, 5.74) is 1.85. The standard InChI is InChI=1S/C15H20N2O2/c1-19-15(18)17-13-4-2-3-12(9-13)16-14(10-5-6-10)11-7-8-11/h2-4,9-11,14,16H,5-8H2,1H3,(H,17,18). The summed E-state index contributed by atoms with van der Waals surface area (Å²) in [5, 5.41) is 6.34. The molecular weight excluding hydrogens is 240 g/mol. The van der Waals surface area contributed by atoms with Crippen LogP contribution in [0.4, 0.5) is 16.2 Å². The van der Waals surface area contributed by atoms with Gasteiger partial charge in [-0.15, -0.1) is 0 Å². The molecule has 1 aromatic carbocycles. The van der Waals surface area contributed by atoms with Crippen molar-refractivity contribution in [3.8, 4) is 0 Å². The Balaban J connectivity index is 1.66. The average Bonchev–Trinajstić information content (AvgIpc) is 3.29. The maximum absolute atomic E-state index is 11.2. The molecule has 2 saturated carbocycles. The molecule has 2 N–H and O–H groups in total. The Morgan fingerprint density at radius 1 is 1.21 bits per heavy atom. The Kier molecular flexibility index (Phi) is 3.32. The van der Waals surface area contributed by atoms with E-state index >= 15 is 0 Å². The van der Waals surface area contributed by atoms with Gasteiger partial charge in [-0.2, -0.15) is 0 Å². The maximum atomic E-state index is 11.2. The molecule has 0 radical (unpaired) electrons. The van der Waals surface area contributed by atoms with Crippen LogP contribution < -0.4 is 10.6 Å². The first kappa shape index (κ1) is 12.3. The predicted octanol–water partition coefficient (Wildman–Crippen LogP) is 3.47. The van der Waals surface area contributed by atoms with Gasteiger partial charge in [0.05, 0.1) is 7.11 Å². The van der Waals surface area contributed by atoms with Gasteiger partial charge in [0.1, 0.15) is 0 Å². The number of methoxy groups -OCH3 is 1. The summed E-state index contributed by atoms with van der Waals surface area (Å²) in [6.45, 7) is 0. The number of hydrogen-bond acceptors (Lipinski definition) is 3. The van der Waals surface area contributed by atoms with Crippen LogP contribution in [-0.2, 0) is 4.74 Å². The molecule has 19 heavy (non-hydrogen) atoms. The van der Waals surface area contributed by atoms with E-state index in [9.17, 15) is 4.79 Å². The van der Waals surface area contributed by atoms with E-state index in [1.54, 1.807) is 0 Å². The van der Waals surface area contributed by atoms with Crippen LogP contribution in [-0.4, -0.2) is 19.2 Å². The lowest BCUT2D eigenvalue weighted by atomic mass is 10.1. The molecule has 0 aliphatic heterocycles. The van der Waals surface area contributed by atoms with Crippen molar-refractivity contribution in [2.75, 3.05) is 17.7 Å². The zero-order chi connectivity index (χ0) is 13.2. The monoisotopic (exact) mass is 260 g/mol. The van der Waals surface area contributed by atoms with Gasteiger partial charge in [0.25, 0.3) is 0 Å². The fourth-order valence-corrected chi connectivity index (χ4v) is 2.58. The third-order valence-electron chi connectivity index (χ3n) is 3.89. The number of benzene rings is 1. The zero-order valence-electron chi connectivity index (χ0n) is 11.2. The quantitative estimate of drug-likeness (QED) is 0.852. The Bertz CT molecular complexity index is 455. The van der Waals surface area contributed by atoms with Crippen molar-refractivity contribution in [3.63, 3.8) is 0 Å². The fourth-order valence-electron chi connectivity index (χ4n) is 2.58. The molecule has 0 spiro atoms.